The first-order valence-corrected chi connectivity index (χ1v) is 11.3. The molecule has 0 aliphatic carbocycles. The lowest BCUT2D eigenvalue weighted by Gasteiger charge is -2.36. The van der Waals surface area contributed by atoms with Crippen LogP contribution in [0.1, 0.15) is 28.2 Å². The average Bonchev–Trinajstić information content (AvgIpc) is 3.39. The lowest BCUT2D eigenvalue weighted by Crippen LogP contribution is -2.52. The molecule has 3 aromatic carbocycles. The predicted octanol–water partition coefficient (Wildman–Crippen LogP) is 3.84. The number of nitrogens with one attached hydrogen (secondary N) is 1. The Hall–Kier alpha value is -4.46. The van der Waals surface area contributed by atoms with E-state index in [9.17, 15) is 19.7 Å². The fourth-order valence-corrected chi connectivity index (χ4v) is 5.09. The van der Waals surface area contributed by atoms with E-state index in [1.807, 2.05) is 85.8 Å². The number of aromatic amines is 1. The fourth-order valence-electron chi connectivity index (χ4n) is 5.09. The molecule has 1 aliphatic heterocycles. The van der Waals surface area contributed by atoms with Crippen molar-refractivity contribution in [2.45, 2.75) is 24.9 Å². The number of aryl methyl sites for hydroxylation is 1. The zero-order chi connectivity index (χ0) is 24.6. The highest BCUT2D eigenvalue weighted by atomic mass is 16.6. The molecule has 5 rings (SSSR count). The van der Waals surface area contributed by atoms with Gasteiger partial charge in [-0.3, -0.25) is 29.5 Å². The van der Waals surface area contributed by atoms with Crippen LogP contribution in [0.2, 0.25) is 0 Å². The van der Waals surface area contributed by atoms with Gasteiger partial charge in [0.25, 0.3) is 11.5 Å². The summed E-state index contributed by atoms with van der Waals surface area (Å²) in [5.74, 6) is -1.21. The molecule has 2 atom stereocenters. The van der Waals surface area contributed by atoms with Crippen LogP contribution in [-0.2, 0) is 16.9 Å². The van der Waals surface area contributed by atoms with Crippen LogP contribution < -0.4 is 10.5 Å². The first-order valence-electron chi connectivity index (χ1n) is 11.3. The molecule has 0 spiro atoms. The number of aromatic nitrogens is 2. The van der Waals surface area contributed by atoms with Crippen molar-refractivity contribution < 1.29 is 9.72 Å². The van der Waals surface area contributed by atoms with Gasteiger partial charge < -0.3 is 4.90 Å². The molecule has 1 aromatic heterocycles. The van der Waals surface area contributed by atoms with Crippen molar-refractivity contribution >= 4 is 11.6 Å². The number of benzene rings is 3. The Morgan fingerprint density at radius 1 is 0.943 bits per heavy atom. The summed E-state index contributed by atoms with van der Waals surface area (Å²) >= 11 is 0. The van der Waals surface area contributed by atoms with Gasteiger partial charge in [-0.2, -0.15) is 0 Å². The summed E-state index contributed by atoms with van der Waals surface area (Å²) in [5.41, 5.74) is 1.91. The summed E-state index contributed by atoms with van der Waals surface area (Å²) in [6.07, 6.45) is 1.50. The van der Waals surface area contributed by atoms with E-state index in [0.717, 1.165) is 11.1 Å². The molecule has 35 heavy (non-hydrogen) atoms. The minimum atomic E-state index is -1.55. The van der Waals surface area contributed by atoms with Gasteiger partial charge >= 0.3 is 0 Å². The number of hydrogen-bond donors (Lipinski definition) is 1. The summed E-state index contributed by atoms with van der Waals surface area (Å²) in [4.78, 5) is 40.0. The molecule has 4 aromatic rings. The number of anilines is 1. The van der Waals surface area contributed by atoms with Crippen LogP contribution in [0.3, 0.4) is 0 Å². The monoisotopic (exact) mass is 468 g/mol. The van der Waals surface area contributed by atoms with Crippen LogP contribution in [0, 0.1) is 17.0 Å². The van der Waals surface area contributed by atoms with Gasteiger partial charge in [0.2, 0.25) is 6.54 Å². The molecule has 8 heteroatoms. The van der Waals surface area contributed by atoms with E-state index in [4.69, 9.17) is 0 Å². The van der Waals surface area contributed by atoms with Gasteiger partial charge in [0.05, 0.1) is 18.2 Å². The Bertz CT molecular complexity index is 1440. The third kappa shape index (κ3) is 3.73. The molecular weight excluding hydrogens is 444 g/mol. The van der Waals surface area contributed by atoms with E-state index >= 15 is 0 Å². The van der Waals surface area contributed by atoms with Crippen molar-refractivity contribution in [3.63, 3.8) is 0 Å². The number of fused-ring (bicyclic) bond motifs is 1. The van der Waals surface area contributed by atoms with Crippen LogP contribution in [0.5, 0.6) is 0 Å². The molecule has 0 fully saturated rings. The highest BCUT2D eigenvalue weighted by molar-refractivity contribution is 6.08. The second-order valence-electron chi connectivity index (χ2n) is 8.80. The van der Waals surface area contributed by atoms with E-state index in [2.05, 4.69) is 5.10 Å². The summed E-state index contributed by atoms with van der Waals surface area (Å²) in [5, 5.41) is 14.7. The topological polar surface area (TPSA) is 101 Å². The average molecular weight is 469 g/mol. The predicted molar refractivity (Wildman–Crippen MR) is 132 cm³/mol. The molecule has 0 bridgehead atoms. The van der Waals surface area contributed by atoms with Crippen molar-refractivity contribution in [1.29, 1.82) is 0 Å². The number of amides is 1. The molecule has 1 N–H and O–H groups in total. The van der Waals surface area contributed by atoms with Gasteiger partial charge in [-0.15, -0.1) is 0 Å². The third-order valence-electron chi connectivity index (χ3n) is 6.66. The lowest BCUT2D eigenvalue weighted by molar-refractivity contribution is -0.485. The van der Waals surface area contributed by atoms with Crippen molar-refractivity contribution in [2.75, 3.05) is 11.4 Å². The van der Waals surface area contributed by atoms with Crippen molar-refractivity contribution in [3.05, 3.63) is 134 Å². The molecule has 0 radical (unpaired) electrons. The van der Waals surface area contributed by atoms with E-state index in [-0.39, 0.29) is 11.5 Å². The molecule has 2 heterocycles. The number of hydrogen-bond acceptors (Lipinski definition) is 4. The van der Waals surface area contributed by atoms with Gasteiger partial charge in [0, 0.05) is 22.7 Å². The maximum absolute atomic E-state index is 14.5. The maximum atomic E-state index is 14.5. The summed E-state index contributed by atoms with van der Waals surface area (Å²) in [7, 11) is 0. The van der Waals surface area contributed by atoms with Crippen LogP contribution in [0.25, 0.3) is 0 Å². The highest BCUT2D eigenvalue weighted by Crippen LogP contribution is 2.51. The van der Waals surface area contributed by atoms with Crippen molar-refractivity contribution in [3.8, 4) is 0 Å². The minimum Gasteiger partial charge on any atom is -0.305 e. The lowest BCUT2D eigenvalue weighted by atomic mass is 9.74. The fraction of sp³-hybridized carbons (Fsp3) is 0.185. The SMILES string of the molecule is Cc1ccc([C@@H](C[N+](=O)[O-])[C@@]2(n3ccc(=O)[nH]3)C(=O)N(Cc3ccccc3)c3ccccc32)cc1. The number of para-hydroxylation sites is 1. The Morgan fingerprint density at radius 3 is 2.29 bits per heavy atom. The smallest absolute Gasteiger partial charge is 0.264 e. The molecule has 176 valence electrons. The molecule has 0 saturated heterocycles. The van der Waals surface area contributed by atoms with Crippen LogP contribution in [-0.4, -0.2) is 27.2 Å². The van der Waals surface area contributed by atoms with E-state index < -0.39 is 22.9 Å². The Morgan fingerprint density at radius 2 is 1.63 bits per heavy atom. The van der Waals surface area contributed by atoms with Crippen molar-refractivity contribution in [1.82, 2.24) is 9.78 Å². The first-order chi connectivity index (χ1) is 16.9. The molecule has 1 aliphatic rings. The Labute approximate surface area is 201 Å². The van der Waals surface area contributed by atoms with Crippen molar-refractivity contribution in [2.24, 2.45) is 0 Å². The standard InChI is InChI=1S/C27H24N4O4/c1-19-11-13-21(14-12-19)23(18-31(34)35)27(30-16-15-25(32)28-30)22-9-5-6-10-24(22)29(26(27)33)17-20-7-3-2-4-8-20/h2-16,23H,17-18H2,1H3,(H,28,32)/t23-,27-/m1/s1. The van der Waals surface area contributed by atoms with Gasteiger partial charge in [0.1, 0.15) is 0 Å². The maximum Gasteiger partial charge on any atom is 0.264 e. The van der Waals surface area contributed by atoms with Gasteiger partial charge in [0.15, 0.2) is 5.54 Å². The van der Waals surface area contributed by atoms with E-state index in [0.29, 0.717) is 23.4 Å². The van der Waals surface area contributed by atoms with Crippen LogP contribution in [0.4, 0.5) is 5.69 Å². The molecule has 1 amide bonds. The summed E-state index contributed by atoms with van der Waals surface area (Å²) in [6, 6.07) is 25.6. The quantitative estimate of drug-likeness (QED) is 0.329. The Kier molecular flexibility index (Phi) is 5.56. The first kappa shape index (κ1) is 22.3. The largest absolute Gasteiger partial charge is 0.305 e. The molecular formula is C27H24N4O4. The van der Waals surface area contributed by atoms with Gasteiger partial charge in [-0.05, 0) is 24.1 Å². The third-order valence-corrected chi connectivity index (χ3v) is 6.66. The molecule has 0 unspecified atom stereocenters. The second-order valence-corrected chi connectivity index (χ2v) is 8.80. The molecule has 8 nitrogen and oxygen atoms in total. The second kappa shape index (κ2) is 8.72. The minimum absolute atomic E-state index is 0.295. The highest BCUT2D eigenvalue weighted by Gasteiger charge is 2.59. The van der Waals surface area contributed by atoms with E-state index in [1.165, 1.54) is 16.9 Å². The summed E-state index contributed by atoms with van der Waals surface area (Å²) in [6.45, 7) is 1.73. The molecule has 0 saturated carbocycles. The van der Waals surface area contributed by atoms with E-state index in [1.54, 1.807) is 4.90 Å². The van der Waals surface area contributed by atoms with Gasteiger partial charge in [-0.1, -0.05) is 78.4 Å². The zero-order valence-corrected chi connectivity index (χ0v) is 19.1. The number of carbonyl (C=O) groups is 1. The van der Waals surface area contributed by atoms with Crippen LogP contribution >= 0.6 is 0 Å². The Balaban J connectivity index is 1.78. The number of carbonyl (C=O) groups excluding carboxylic acids is 1. The number of nitrogens with zero attached hydrogens (tertiary/aromatic N) is 3. The zero-order valence-electron chi connectivity index (χ0n) is 19.1. The van der Waals surface area contributed by atoms with Crippen LogP contribution in [0.15, 0.2) is 95.9 Å². The number of rotatable bonds is 7. The number of H-pyrrole nitrogens is 1. The summed E-state index contributed by atoms with van der Waals surface area (Å²) < 4.78 is 1.45. The number of nitro groups is 1. The normalized spacial score (nSPS) is 17.9. The van der Waals surface area contributed by atoms with Gasteiger partial charge in [-0.25, -0.2) is 0 Å².